The molecule has 1 N–H and O–H groups in total. The molecule has 0 atom stereocenters. The Kier molecular flexibility index (Phi) is 2.74. The minimum absolute atomic E-state index is 0.528. The first-order valence-corrected chi connectivity index (χ1v) is 5.46. The van der Waals surface area contributed by atoms with Crippen LogP contribution in [-0.4, -0.2) is 32.4 Å². The van der Waals surface area contributed by atoms with E-state index in [4.69, 9.17) is 0 Å². The monoisotopic (exact) mass is 211 g/mol. The summed E-state index contributed by atoms with van der Waals surface area (Å²) in [6, 6.07) is 0.528. The summed E-state index contributed by atoms with van der Waals surface area (Å²) in [5.74, 6) is 0. The van der Waals surface area contributed by atoms with E-state index in [1.807, 2.05) is 0 Å². The third kappa shape index (κ3) is 2.08. The Hall–Kier alpha value is -1.01. The second-order valence-electron chi connectivity index (χ2n) is 3.41. The first kappa shape index (κ1) is 9.54. The van der Waals surface area contributed by atoms with Gasteiger partial charge in [-0.1, -0.05) is 25.2 Å². The summed E-state index contributed by atoms with van der Waals surface area (Å²) in [7, 11) is 0. The van der Waals surface area contributed by atoms with Gasteiger partial charge in [0.05, 0.1) is 0 Å². The van der Waals surface area contributed by atoms with E-state index in [-0.39, 0.29) is 0 Å². The van der Waals surface area contributed by atoms with Crippen LogP contribution in [0.4, 0.5) is 0 Å². The molecule has 0 saturated carbocycles. The van der Waals surface area contributed by atoms with Gasteiger partial charge < -0.3 is 5.32 Å². The minimum Gasteiger partial charge on any atom is -0.314 e. The Morgan fingerprint density at radius 2 is 2.43 bits per heavy atom. The molecule has 6 heteroatoms. The zero-order chi connectivity index (χ0) is 9.97. The molecule has 0 bridgehead atoms. The zero-order valence-corrected chi connectivity index (χ0v) is 9.08. The van der Waals surface area contributed by atoms with Crippen molar-refractivity contribution in [3.05, 3.63) is 11.3 Å². The van der Waals surface area contributed by atoms with E-state index in [1.165, 1.54) is 0 Å². The van der Waals surface area contributed by atoms with Gasteiger partial charge in [-0.2, -0.15) is 9.61 Å². The molecule has 76 valence electrons. The van der Waals surface area contributed by atoms with E-state index in [0.29, 0.717) is 6.04 Å². The molecule has 0 radical (unpaired) electrons. The summed E-state index contributed by atoms with van der Waals surface area (Å²) in [5, 5.41) is 16.5. The van der Waals surface area contributed by atoms with E-state index >= 15 is 0 Å². The fourth-order valence-electron chi connectivity index (χ4n) is 1.17. The van der Waals surface area contributed by atoms with Crippen molar-refractivity contribution >= 4 is 16.3 Å². The van der Waals surface area contributed by atoms with Crippen molar-refractivity contribution in [2.24, 2.45) is 0 Å². The predicted octanol–water partition coefficient (Wildman–Crippen LogP) is 0.726. The Morgan fingerprint density at radius 3 is 3.14 bits per heavy atom. The van der Waals surface area contributed by atoms with Crippen molar-refractivity contribution in [2.75, 3.05) is 6.54 Å². The van der Waals surface area contributed by atoms with Crippen molar-refractivity contribution in [3.63, 3.8) is 0 Å². The highest BCUT2D eigenvalue weighted by Gasteiger charge is 2.04. The normalized spacial score (nSPS) is 11.6. The molecular weight excluding hydrogens is 198 g/mol. The van der Waals surface area contributed by atoms with Gasteiger partial charge in [-0.05, 0) is 0 Å². The Bertz CT molecular complexity index is 376. The second-order valence-corrected chi connectivity index (χ2v) is 4.45. The number of aromatic nitrogens is 4. The predicted molar refractivity (Wildman–Crippen MR) is 55.5 cm³/mol. The number of fused-ring (bicyclic) bond motifs is 1. The van der Waals surface area contributed by atoms with Crippen molar-refractivity contribution in [3.8, 4) is 0 Å². The molecule has 0 saturated heterocycles. The maximum atomic E-state index is 4.34. The highest BCUT2D eigenvalue weighted by molar-refractivity contribution is 7.16. The molecule has 0 spiro atoms. The number of hydrogen-bond donors (Lipinski definition) is 1. The molecule has 14 heavy (non-hydrogen) atoms. The van der Waals surface area contributed by atoms with Crippen LogP contribution in [0.15, 0.2) is 6.33 Å². The number of hydrogen-bond acceptors (Lipinski definition) is 5. The molecule has 0 aliphatic carbocycles. The first-order chi connectivity index (χ1) is 6.75. The van der Waals surface area contributed by atoms with Crippen molar-refractivity contribution in [2.45, 2.75) is 26.3 Å². The summed E-state index contributed by atoms with van der Waals surface area (Å²) in [5.41, 5.74) is 0. The van der Waals surface area contributed by atoms with Crippen LogP contribution in [0.25, 0.3) is 4.96 Å². The molecule has 0 unspecified atom stereocenters. The van der Waals surface area contributed by atoms with Gasteiger partial charge in [0.15, 0.2) is 0 Å². The topological polar surface area (TPSA) is 55.1 Å². The lowest BCUT2D eigenvalue weighted by molar-refractivity contribution is 0.588. The summed E-state index contributed by atoms with van der Waals surface area (Å²) < 4.78 is 1.72. The number of nitrogens with zero attached hydrogens (tertiary/aromatic N) is 4. The van der Waals surface area contributed by atoms with Crippen LogP contribution in [0.1, 0.15) is 18.9 Å². The van der Waals surface area contributed by atoms with Crippen LogP contribution in [0.3, 0.4) is 0 Å². The molecule has 0 amide bonds. The fraction of sp³-hybridized carbons (Fsp3) is 0.625. The second kappa shape index (κ2) is 4.02. The van der Waals surface area contributed by atoms with Crippen LogP contribution in [0, 0.1) is 0 Å². The average molecular weight is 211 g/mol. The highest BCUT2D eigenvalue weighted by Crippen LogP contribution is 2.11. The highest BCUT2D eigenvalue weighted by atomic mass is 32.1. The van der Waals surface area contributed by atoms with Crippen LogP contribution in [0.5, 0.6) is 0 Å². The molecule has 2 heterocycles. The minimum atomic E-state index is 0.528. The maximum Gasteiger partial charge on any atom is 0.234 e. The lowest BCUT2D eigenvalue weighted by Crippen LogP contribution is -2.24. The van der Waals surface area contributed by atoms with Crippen LogP contribution >= 0.6 is 11.3 Å². The van der Waals surface area contributed by atoms with E-state index in [9.17, 15) is 0 Å². The van der Waals surface area contributed by atoms with E-state index < -0.39 is 0 Å². The Balaban J connectivity index is 1.95. The molecule has 2 aromatic heterocycles. The smallest absolute Gasteiger partial charge is 0.234 e. The van der Waals surface area contributed by atoms with E-state index in [0.717, 1.165) is 22.9 Å². The molecule has 0 aromatic carbocycles. The fourth-order valence-corrected chi connectivity index (χ4v) is 1.98. The zero-order valence-electron chi connectivity index (χ0n) is 8.27. The summed E-state index contributed by atoms with van der Waals surface area (Å²) in [6.45, 7) is 5.24. The molecule has 5 nitrogen and oxygen atoms in total. The summed E-state index contributed by atoms with van der Waals surface area (Å²) >= 11 is 1.59. The third-order valence-corrected chi connectivity index (χ3v) is 2.79. The molecule has 0 aliphatic heterocycles. The van der Waals surface area contributed by atoms with Gasteiger partial charge >= 0.3 is 0 Å². The van der Waals surface area contributed by atoms with Gasteiger partial charge in [-0.25, -0.2) is 0 Å². The molecule has 0 aliphatic rings. The van der Waals surface area contributed by atoms with Crippen molar-refractivity contribution in [1.82, 2.24) is 25.1 Å². The SMILES string of the molecule is CC(C)NCCc1nn2cnnc2s1. The van der Waals surface area contributed by atoms with Gasteiger partial charge in [0.2, 0.25) is 4.96 Å². The summed E-state index contributed by atoms with van der Waals surface area (Å²) in [4.78, 5) is 0.865. The Morgan fingerprint density at radius 1 is 1.57 bits per heavy atom. The quantitative estimate of drug-likeness (QED) is 0.810. The van der Waals surface area contributed by atoms with Gasteiger partial charge in [-0.15, -0.1) is 10.2 Å². The maximum absolute atomic E-state index is 4.34. The van der Waals surface area contributed by atoms with Crippen LogP contribution in [-0.2, 0) is 6.42 Å². The molecule has 0 fully saturated rings. The van der Waals surface area contributed by atoms with Crippen molar-refractivity contribution in [1.29, 1.82) is 0 Å². The lowest BCUT2D eigenvalue weighted by atomic mass is 10.3. The molecule has 2 rings (SSSR count). The van der Waals surface area contributed by atoms with Crippen LogP contribution in [0.2, 0.25) is 0 Å². The number of nitrogens with one attached hydrogen (secondary N) is 1. The van der Waals surface area contributed by atoms with Gasteiger partial charge in [0.1, 0.15) is 11.3 Å². The molecular formula is C8H13N5S. The largest absolute Gasteiger partial charge is 0.314 e. The molecule has 2 aromatic rings. The number of rotatable bonds is 4. The van der Waals surface area contributed by atoms with Gasteiger partial charge in [-0.3, -0.25) is 0 Å². The Labute approximate surface area is 86.2 Å². The summed E-state index contributed by atoms with van der Waals surface area (Å²) in [6.07, 6.45) is 2.58. The van der Waals surface area contributed by atoms with Crippen LogP contribution < -0.4 is 5.32 Å². The van der Waals surface area contributed by atoms with Crippen molar-refractivity contribution < 1.29 is 0 Å². The standard InChI is InChI=1S/C8H13N5S/c1-6(2)9-4-3-7-12-13-5-10-11-8(13)14-7/h5-6,9H,3-4H2,1-2H3. The van der Waals surface area contributed by atoms with Gasteiger partial charge in [0.25, 0.3) is 0 Å². The lowest BCUT2D eigenvalue weighted by Gasteiger charge is -2.04. The van der Waals surface area contributed by atoms with E-state index in [2.05, 4.69) is 34.5 Å². The third-order valence-electron chi connectivity index (χ3n) is 1.82. The average Bonchev–Trinajstić information content (AvgIpc) is 2.62. The first-order valence-electron chi connectivity index (χ1n) is 4.65. The van der Waals surface area contributed by atoms with Gasteiger partial charge in [0, 0.05) is 19.0 Å². The van der Waals surface area contributed by atoms with E-state index in [1.54, 1.807) is 22.2 Å².